The van der Waals surface area contributed by atoms with Gasteiger partial charge in [-0.3, -0.25) is 0 Å². The van der Waals surface area contributed by atoms with Crippen LogP contribution in [0.25, 0.3) is 0 Å². The number of hydrogen-bond acceptors (Lipinski definition) is 1. The Hall–Kier alpha value is -0.0835. The third-order valence-electron chi connectivity index (χ3n) is 0.707. The van der Waals surface area contributed by atoms with Gasteiger partial charge in [0.1, 0.15) is 0 Å². The molecule has 0 aromatic carbocycles. The summed E-state index contributed by atoms with van der Waals surface area (Å²) in [5.41, 5.74) is 0. The molecule has 0 amide bonds. The Balaban J connectivity index is -0.0000000847. The van der Waals surface area contributed by atoms with E-state index in [1.807, 2.05) is 0 Å². The summed E-state index contributed by atoms with van der Waals surface area (Å²) in [5.74, 6) is 1.50. The van der Waals surface area contributed by atoms with Crippen LogP contribution in [0.3, 0.4) is 0 Å². The minimum absolute atomic E-state index is 1.22. The van der Waals surface area contributed by atoms with Crippen molar-refractivity contribution in [2.75, 3.05) is 0 Å². The molecule has 0 aliphatic heterocycles. The van der Waals surface area contributed by atoms with Crippen LogP contribution in [-0.4, -0.2) is 0 Å². The van der Waals surface area contributed by atoms with Crippen molar-refractivity contribution in [1.29, 1.82) is 0 Å². The van der Waals surface area contributed by atoms with Gasteiger partial charge in [0.05, 0.1) is 0 Å². The Morgan fingerprint density at radius 3 is 1.70 bits per heavy atom. The van der Waals surface area contributed by atoms with Gasteiger partial charge in [-0.05, 0) is 0 Å². The summed E-state index contributed by atoms with van der Waals surface area (Å²) in [6.45, 7) is 12.9. The van der Waals surface area contributed by atoms with Crippen molar-refractivity contribution in [3.8, 4) is 0 Å². The molecule has 65 valence electrons. The van der Waals surface area contributed by atoms with E-state index < -0.39 is 0 Å². The molecule has 0 radical (unpaired) electrons. The van der Waals surface area contributed by atoms with E-state index in [4.69, 9.17) is 3.87 Å². The predicted octanol–water partition coefficient (Wildman–Crippen LogP) is 2.90. The molecule has 0 saturated carbocycles. The van der Waals surface area contributed by atoms with E-state index in [1.54, 1.807) is 0 Å². The Kier molecular flexibility index (Phi) is 38.1. The first-order valence-corrected chi connectivity index (χ1v) is 3.44. The topological polar surface area (TPSA) is 17.1 Å². The summed E-state index contributed by atoms with van der Waals surface area (Å²) in [6, 6.07) is 0. The van der Waals surface area contributed by atoms with Crippen LogP contribution in [0.4, 0.5) is 0 Å². The van der Waals surface area contributed by atoms with E-state index in [2.05, 4.69) is 49.9 Å². The molecule has 0 aliphatic rings. The fraction of sp³-hybridized carbons (Fsp3) is 0.500. The van der Waals surface area contributed by atoms with Crippen LogP contribution in [0.15, 0.2) is 12.7 Å². The van der Waals surface area contributed by atoms with Crippen molar-refractivity contribution in [3.63, 3.8) is 0 Å². The van der Waals surface area contributed by atoms with Crippen LogP contribution >= 0.6 is 0 Å². The molecule has 0 rings (SSSR count). The van der Waals surface area contributed by atoms with Crippen LogP contribution < -0.4 is 0 Å². The number of rotatable bonds is 1. The molecular weight excluding hydrogens is 171 g/mol. The monoisotopic (exact) mass is 187 g/mol. The average Bonchev–Trinajstić information content (AvgIpc) is 1.94. The van der Waals surface area contributed by atoms with E-state index >= 15 is 0 Å². The van der Waals surface area contributed by atoms with E-state index in [9.17, 15) is 0 Å². The first-order chi connectivity index (χ1) is 4.68. The molecule has 10 heavy (non-hydrogen) atoms. The summed E-state index contributed by atoms with van der Waals surface area (Å²) < 4.78 is 7.94. The van der Waals surface area contributed by atoms with Crippen LogP contribution in [0, 0.1) is 12.8 Å². The van der Waals surface area contributed by atoms with E-state index in [1.165, 1.54) is 18.4 Å². The fourth-order valence-corrected chi connectivity index (χ4v) is 0. The van der Waals surface area contributed by atoms with Crippen molar-refractivity contribution < 1.29 is 19.5 Å². The van der Waals surface area contributed by atoms with Crippen molar-refractivity contribution in [2.24, 2.45) is 0 Å². The molecule has 0 aromatic heterocycles. The molecule has 0 saturated heterocycles. The standard InChI is InChI=1S/C5H11.C3H5.Co.O/c1-4-5(2)3;1-3-2;;/h4H2,1-3H3;3H,1-2H2;;/q2*-1;;. The Morgan fingerprint density at radius 2 is 1.70 bits per heavy atom. The number of hydrogen-bond donors (Lipinski definition) is 0. The van der Waals surface area contributed by atoms with Gasteiger partial charge in [0.15, 0.2) is 0 Å². The summed E-state index contributed by atoms with van der Waals surface area (Å²) in [5, 5.41) is 0. The third kappa shape index (κ3) is 103. The molecule has 0 aromatic rings. The SMILES string of the molecule is C=C[CH2-].CC[C-](C)C.[O]=[Co]. The molecule has 0 fully saturated rings. The summed E-state index contributed by atoms with van der Waals surface area (Å²) in [4.78, 5) is 0. The maximum atomic E-state index is 7.94. The van der Waals surface area contributed by atoms with E-state index in [0.29, 0.717) is 0 Å². The second-order valence-corrected chi connectivity index (χ2v) is 1.85. The number of allylic oxidation sites excluding steroid dienone is 1. The van der Waals surface area contributed by atoms with Crippen LogP contribution in [0.5, 0.6) is 0 Å². The molecule has 0 bridgehead atoms. The Bertz CT molecular complexity index is 53.2. The summed E-state index contributed by atoms with van der Waals surface area (Å²) in [6.07, 6.45) is 2.72. The third-order valence-corrected chi connectivity index (χ3v) is 0.707. The van der Waals surface area contributed by atoms with Crippen molar-refractivity contribution in [2.45, 2.75) is 27.2 Å². The fourth-order valence-electron chi connectivity index (χ4n) is 0. The molecule has 2 heteroatoms. The van der Waals surface area contributed by atoms with E-state index in [0.717, 1.165) is 0 Å². The molecule has 0 unspecified atom stereocenters. The zero-order valence-electron chi connectivity index (χ0n) is 6.94. The molecule has 1 nitrogen and oxygen atoms in total. The summed E-state index contributed by atoms with van der Waals surface area (Å²) >= 11 is 2.31. The second kappa shape index (κ2) is 23.1. The van der Waals surface area contributed by atoms with Crippen LogP contribution in [0.2, 0.25) is 0 Å². The van der Waals surface area contributed by atoms with Crippen molar-refractivity contribution in [3.05, 3.63) is 25.5 Å². The molecule has 0 aliphatic carbocycles. The van der Waals surface area contributed by atoms with Gasteiger partial charge in [0.25, 0.3) is 0 Å². The molecule has 0 heterocycles. The predicted molar refractivity (Wildman–Crippen MR) is 41.1 cm³/mol. The van der Waals surface area contributed by atoms with Gasteiger partial charge >= 0.3 is 19.5 Å². The Labute approximate surface area is 72.7 Å². The molecular formula is C8H16CoO-2. The van der Waals surface area contributed by atoms with Gasteiger partial charge in [-0.25, -0.2) is 19.6 Å². The first-order valence-electron chi connectivity index (χ1n) is 3.01. The minimum atomic E-state index is 1.22. The van der Waals surface area contributed by atoms with Gasteiger partial charge in [0.2, 0.25) is 0 Å². The molecule has 0 atom stereocenters. The quantitative estimate of drug-likeness (QED) is 0.577. The van der Waals surface area contributed by atoms with Crippen molar-refractivity contribution >= 4 is 0 Å². The van der Waals surface area contributed by atoms with Gasteiger partial charge in [-0.1, -0.05) is 6.92 Å². The average molecular weight is 187 g/mol. The molecule has 0 spiro atoms. The second-order valence-electron chi connectivity index (χ2n) is 1.85. The van der Waals surface area contributed by atoms with Gasteiger partial charge < -0.3 is 5.92 Å². The van der Waals surface area contributed by atoms with Crippen LogP contribution in [-0.2, 0) is 19.5 Å². The normalized spacial score (nSPS) is 6.50. The summed E-state index contributed by atoms with van der Waals surface area (Å²) in [7, 11) is 0. The first kappa shape index (κ1) is 16.5. The maximum absolute atomic E-state index is 7.94. The zero-order valence-corrected chi connectivity index (χ0v) is 7.98. The van der Waals surface area contributed by atoms with Gasteiger partial charge in [-0.15, -0.1) is 0 Å². The van der Waals surface area contributed by atoms with Crippen LogP contribution in [0.1, 0.15) is 27.2 Å². The van der Waals surface area contributed by atoms with Gasteiger partial charge in [0, 0.05) is 0 Å². The van der Waals surface area contributed by atoms with E-state index in [-0.39, 0.29) is 0 Å². The zero-order chi connectivity index (χ0) is 8.99. The molecule has 0 N–H and O–H groups in total. The van der Waals surface area contributed by atoms with Gasteiger partial charge in [-0.2, -0.15) is 20.3 Å². The van der Waals surface area contributed by atoms with Crippen molar-refractivity contribution in [1.82, 2.24) is 0 Å². The Morgan fingerprint density at radius 1 is 1.60 bits per heavy atom.